The first-order chi connectivity index (χ1) is 4.68. The molecule has 0 amide bonds. The van der Waals surface area contributed by atoms with Crippen molar-refractivity contribution >= 4 is 0 Å². The molecule has 0 heterocycles. The van der Waals surface area contributed by atoms with Crippen molar-refractivity contribution in [2.75, 3.05) is 0 Å². The van der Waals surface area contributed by atoms with Crippen molar-refractivity contribution in [3.05, 3.63) is 0 Å². The molecule has 10 heavy (non-hydrogen) atoms. The van der Waals surface area contributed by atoms with Gasteiger partial charge in [0.1, 0.15) is 0 Å². The van der Waals surface area contributed by atoms with Gasteiger partial charge < -0.3 is 5.73 Å². The Bertz CT molecular complexity index is 155. The summed E-state index contributed by atoms with van der Waals surface area (Å²) >= 11 is 0. The fourth-order valence-electron chi connectivity index (χ4n) is 2.42. The first-order valence-electron chi connectivity index (χ1n) is 4.47. The molecule has 2 fully saturated rings. The standard InChI is InChI=1S/C9H17N/c1-3-7-5-9(7,10)8-4-6(8)2/h6-8H,3-5,10H2,1-2H3. The third-order valence-electron chi connectivity index (χ3n) is 3.49. The molecule has 0 aromatic carbocycles. The minimum Gasteiger partial charge on any atom is -0.325 e. The van der Waals surface area contributed by atoms with Crippen LogP contribution in [0.1, 0.15) is 33.1 Å². The van der Waals surface area contributed by atoms with E-state index in [-0.39, 0.29) is 0 Å². The molecule has 2 aliphatic carbocycles. The lowest BCUT2D eigenvalue weighted by molar-refractivity contribution is 0.495. The summed E-state index contributed by atoms with van der Waals surface area (Å²) < 4.78 is 0. The monoisotopic (exact) mass is 139 g/mol. The normalized spacial score (nSPS) is 58.5. The molecule has 4 atom stereocenters. The Morgan fingerprint density at radius 2 is 2.20 bits per heavy atom. The van der Waals surface area contributed by atoms with E-state index in [1.165, 1.54) is 19.3 Å². The first kappa shape index (κ1) is 6.66. The highest BCUT2D eigenvalue weighted by molar-refractivity contribution is 5.16. The summed E-state index contributed by atoms with van der Waals surface area (Å²) in [5.74, 6) is 2.68. The van der Waals surface area contributed by atoms with Crippen LogP contribution in [-0.2, 0) is 0 Å². The van der Waals surface area contributed by atoms with E-state index in [0.29, 0.717) is 5.54 Å². The fraction of sp³-hybridized carbons (Fsp3) is 1.00. The Hall–Kier alpha value is -0.0400. The van der Waals surface area contributed by atoms with Gasteiger partial charge in [-0.3, -0.25) is 0 Å². The Balaban J connectivity index is 1.94. The Morgan fingerprint density at radius 1 is 1.60 bits per heavy atom. The van der Waals surface area contributed by atoms with Crippen LogP contribution in [-0.4, -0.2) is 5.54 Å². The number of hydrogen-bond acceptors (Lipinski definition) is 1. The molecular formula is C9H17N. The van der Waals surface area contributed by atoms with E-state index in [4.69, 9.17) is 5.73 Å². The van der Waals surface area contributed by atoms with Gasteiger partial charge in [-0.05, 0) is 30.6 Å². The van der Waals surface area contributed by atoms with Gasteiger partial charge in [-0.25, -0.2) is 0 Å². The molecule has 0 radical (unpaired) electrons. The van der Waals surface area contributed by atoms with Crippen LogP contribution in [0.25, 0.3) is 0 Å². The molecule has 2 N–H and O–H groups in total. The maximum absolute atomic E-state index is 6.20. The third-order valence-corrected chi connectivity index (χ3v) is 3.49. The average molecular weight is 139 g/mol. The first-order valence-corrected chi connectivity index (χ1v) is 4.47. The highest BCUT2D eigenvalue weighted by Crippen LogP contribution is 2.60. The second kappa shape index (κ2) is 1.76. The molecule has 2 saturated carbocycles. The largest absolute Gasteiger partial charge is 0.325 e. The lowest BCUT2D eigenvalue weighted by atomic mass is 10.1. The molecule has 0 aliphatic heterocycles. The summed E-state index contributed by atoms with van der Waals surface area (Å²) in [6, 6.07) is 0. The van der Waals surface area contributed by atoms with Crippen molar-refractivity contribution in [3.63, 3.8) is 0 Å². The zero-order valence-electron chi connectivity index (χ0n) is 6.93. The summed E-state index contributed by atoms with van der Waals surface area (Å²) in [5, 5.41) is 0. The maximum Gasteiger partial charge on any atom is 0.0218 e. The number of nitrogens with two attached hydrogens (primary N) is 1. The fourth-order valence-corrected chi connectivity index (χ4v) is 2.42. The molecule has 0 spiro atoms. The average Bonchev–Trinajstić information content (AvgIpc) is 2.72. The minimum atomic E-state index is 0.300. The molecule has 4 unspecified atom stereocenters. The molecule has 0 bridgehead atoms. The number of rotatable bonds is 2. The van der Waals surface area contributed by atoms with E-state index in [1.807, 2.05) is 0 Å². The van der Waals surface area contributed by atoms with E-state index in [1.54, 1.807) is 0 Å². The van der Waals surface area contributed by atoms with Crippen molar-refractivity contribution in [1.29, 1.82) is 0 Å². The molecule has 58 valence electrons. The molecule has 1 heteroatoms. The zero-order chi connectivity index (χ0) is 7.35. The minimum absolute atomic E-state index is 0.300. The van der Waals surface area contributed by atoms with Crippen LogP contribution in [0.15, 0.2) is 0 Å². The SMILES string of the molecule is CCC1CC1(N)C1CC1C. The molecule has 0 aromatic rings. The summed E-state index contributed by atoms with van der Waals surface area (Å²) in [6.07, 6.45) is 3.99. The zero-order valence-corrected chi connectivity index (χ0v) is 6.93. The molecule has 0 saturated heterocycles. The topological polar surface area (TPSA) is 26.0 Å². The van der Waals surface area contributed by atoms with Crippen LogP contribution >= 0.6 is 0 Å². The van der Waals surface area contributed by atoms with E-state index in [9.17, 15) is 0 Å². The highest BCUT2D eigenvalue weighted by Gasteiger charge is 2.61. The Labute approximate surface area is 63.0 Å². The lowest BCUT2D eigenvalue weighted by Crippen LogP contribution is -2.28. The van der Waals surface area contributed by atoms with Crippen LogP contribution in [0.3, 0.4) is 0 Å². The molecule has 2 aliphatic rings. The highest BCUT2D eigenvalue weighted by atomic mass is 14.9. The second-order valence-corrected chi connectivity index (χ2v) is 4.24. The van der Waals surface area contributed by atoms with Gasteiger partial charge in [0.15, 0.2) is 0 Å². The van der Waals surface area contributed by atoms with Crippen LogP contribution in [0, 0.1) is 17.8 Å². The van der Waals surface area contributed by atoms with Crippen molar-refractivity contribution in [2.45, 2.75) is 38.6 Å². The summed E-state index contributed by atoms with van der Waals surface area (Å²) in [7, 11) is 0. The third kappa shape index (κ3) is 0.731. The smallest absolute Gasteiger partial charge is 0.0218 e. The van der Waals surface area contributed by atoms with Gasteiger partial charge >= 0.3 is 0 Å². The predicted octanol–water partition coefficient (Wildman–Crippen LogP) is 1.77. The van der Waals surface area contributed by atoms with Gasteiger partial charge in [-0.1, -0.05) is 20.3 Å². The second-order valence-electron chi connectivity index (χ2n) is 4.24. The molecule has 2 rings (SSSR count). The van der Waals surface area contributed by atoms with Crippen molar-refractivity contribution in [1.82, 2.24) is 0 Å². The quantitative estimate of drug-likeness (QED) is 0.620. The predicted molar refractivity (Wildman–Crippen MR) is 42.6 cm³/mol. The van der Waals surface area contributed by atoms with Gasteiger partial charge in [0.2, 0.25) is 0 Å². The van der Waals surface area contributed by atoms with E-state index in [2.05, 4.69) is 13.8 Å². The van der Waals surface area contributed by atoms with E-state index < -0.39 is 0 Å². The van der Waals surface area contributed by atoms with Crippen LogP contribution < -0.4 is 5.73 Å². The molecule has 0 aromatic heterocycles. The van der Waals surface area contributed by atoms with Crippen LogP contribution in [0.4, 0.5) is 0 Å². The van der Waals surface area contributed by atoms with E-state index in [0.717, 1.165) is 17.8 Å². The van der Waals surface area contributed by atoms with Crippen molar-refractivity contribution < 1.29 is 0 Å². The Kier molecular flexibility index (Phi) is 1.17. The van der Waals surface area contributed by atoms with Crippen molar-refractivity contribution in [3.8, 4) is 0 Å². The van der Waals surface area contributed by atoms with Gasteiger partial charge in [0.05, 0.1) is 0 Å². The van der Waals surface area contributed by atoms with Crippen LogP contribution in [0.5, 0.6) is 0 Å². The van der Waals surface area contributed by atoms with Gasteiger partial charge in [-0.2, -0.15) is 0 Å². The molecular weight excluding hydrogens is 122 g/mol. The maximum atomic E-state index is 6.20. The van der Waals surface area contributed by atoms with Crippen molar-refractivity contribution in [2.24, 2.45) is 23.5 Å². The number of hydrogen-bond donors (Lipinski definition) is 1. The van der Waals surface area contributed by atoms with E-state index >= 15 is 0 Å². The van der Waals surface area contributed by atoms with Gasteiger partial charge in [-0.15, -0.1) is 0 Å². The Morgan fingerprint density at radius 3 is 2.50 bits per heavy atom. The summed E-state index contributed by atoms with van der Waals surface area (Å²) in [6.45, 7) is 4.58. The van der Waals surface area contributed by atoms with Crippen LogP contribution in [0.2, 0.25) is 0 Å². The van der Waals surface area contributed by atoms with Gasteiger partial charge in [0, 0.05) is 5.54 Å². The summed E-state index contributed by atoms with van der Waals surface area (Å²) in [4.78, 5) is 0. The van der Waals surface area contributed by atoms with Gasteiger partial charge in [0.25, 0.3) is 0 Å². The molecule has 1 nitrogen and oxygen atoms in total. The summed E-state index contributed by atoms with van der Waals surface area (Å²) in [5.41, 5.74) is 6.50. The lowest BCUT2D eigenvalue weighted by Gasteiger charge is -2.08.